The highest BCUT2D eigenvalue weighted by molar-refractivity contribution is 6.01. The number of benzene rings is 4. The maximum absolute atomic E-state index is 14.5. The Hall–Kier alpha value is -6.00. The van der Waals surface area contributed by atoms with Crippen molar-refractivity contribution in [3.05, 3.63) is 146 Å². The third kappa shape index (κ3) is 7.20. The first-order chi connectivity index (χ1) is 22.6. The van der Waals surface area contributed by atoms with Gasteiger partial charge in [-0.15, -0.1) is 0 Å². The number of aliphatic hydroxyl groups excluding tert-OH is 1. The predicted octanol–water partition coefficient (Wildman–Crippen LogP) is 6.84. The molecule has 13 heteroatoms. The van der Waals surface area contributed by atoms with E-state index in [9.17, 15) is 10.3 Å². The molecule has 0 saturated heterocycles. The van der Waals surface area contributed by atoms with E-state index in [0.717, 1.165) is 11.1 Å². The van der Waals surface area contributed by atoms with Crippen LogP contribution in [0.5, 0.6) is 5.75 Å². The van der Waals surface area contributed by atoms with Crippen molar-refractivity contribution in [2.24, 2.45) is 15.2 Å². The van der Waals surface area contributed by atoms with E-state index in [0.29, 0.717) is 35.6 Å². The summed E-state index contributed by atoms with van der Waals surface area (Å²) in [6.07, 6.45) is -0.484. The summed E-state index contributed by atoms with van der Waals surface area (Å²) < 4.78 is 12.2. The lowest BCUT2D eigenvalue weighted by Gasteiger charge is -2.32. The van der Waals surface area contributed by atoms with Crippen molar-refractivity contribution < 1.29 is 19.4 Å². The summed E-state index contributed by atoms with van der Waals surface area (Å²) >= 11 is 0. The number of anilines is 1. The van der Waals surface area contributed by atoms with E-state index >= 15 is 0 Å². The zero-order valence-electron chi connectivity index (χ0n) is 24.7. The van der Waals surface area contributed by atoms with Crippen LogP contribution in [0.3, 0.4) is 0 Å². The van der Waals surface area contributed by atoms with Crippen LogP contribution >= 0.6 is 0 Å². The van der Waals surface area contributed by atoms with E-state index in [4.69, 9.17) is 25.1 Å². The number of hydrazine groups is 1. The highest BCUT2D eigenvalue weighted by Gasteiger charge is 2.54. The molecule has 4 aromatic rings. The van der Waals surface area contributed by atoms with Gasteiger partial charge in [0.2, 0.25) is 5.90 Å². The molecule has 1 aliphatic heterocycles. The number of hydrogen-bond acceptors (Lipinski definition) is 8. The zero-order valence-corrected chi connectivity index (χ0v) is 24.7. The van der Waals surface area contributed by atoms with Crippen LogP contribution in [-0.2, 0) is 22.5 Å². The molecule has 13 nitrogen and oxygen atoms in total. The van der Waals surface area contributed by atoms with E-state index < -0.39 is 17.6 Å². The minimum Gasteiger partial charge on any atom is -0.494 e. The molecule has 0 aromatic heterocycles. The Labute approximate surface area is 264 Å². The third-order valence-corrected chi connectivity index (χ3v) is 7.38. The van der Waals surface area contributed by atoms with Crippen LogP contribution in [-0.4, -0.2) is 35.7 Å². The molecule has 0 saturated carbocycles. The summed E-state index contributed by atoms with van der Waals surface area (Å²) in [5.74, 6) is 0.295. The van der Waals surface area contributed by atoms with Gasteiger partial charge >= 0.3 is 0 Å². The predicted molar refractivity (Wildman–Crippen MR) is 173 cm³/mol. The van der Waals surface area contributed by atoms with Crippen molar-refractivity contribution in [3.63, 3.8) is 0 Å². The van der Waals surface area contributed by atoms with E-state index in [2.05, 4.69) is 30.9 Å². The van der Waals surface area contributed by atoms with Gasteiger partial charge in [-0.25, -0.2) is 4.99 Å². The fourth-order valence-corrected chi connectivity index (χ4v) is 5.15. The number of hydrogen-bond donors (Lipinski definition) is 3. The van der Waals surface area contributed by atoms with Gasteiger partial charge in [0.15, 0.2) is 11.6 Å². The van der Waals surface area contributed by atoms with E-state index in [-0.39, 0.29) is 31.2 Å². The van der Waals surface area contributed by atoms with Crippen molar-refractivity contribution >= 4 is 23.2 Å². The lowest BCUT2D eigenvalue weighted by atomic mass is 9.80. The van der Waals surface area contributed by atoms with Gasteiger partial charge in [0.05, 0.1) is 18.8 Å². The SMILES string of the molecule is [N-]=[N+]=NCc1ccccc1C[C@]1(C(=O)NNc2ccccc2)N=C(c2ccc(OCCCO)cc2)O[C@H]1c1ccccc1N=[N+]=[N-]. The largest absolute Gasteiger partial charge is 0.494 e. The summed E-state index contributed by atoms with van der Waals surface area (Å²) in [6, 6.07) is 30.4. The number of para-hydroxylation sites is 1. The lowest BCUT2D eigenvalue weighted by Crippen LogP contribution is -2.51. The monoisotopic (exact) mass is 617 g/mol. The molecule has 0 fully saturated rings. The number of carbonyl (C=O) groups is 1. The molecule has 1 amide bonds. The van der Waals surface area contributed by atoms with Gasteiger partial charge in [0.1, 0.15) is 5.75 Å². The van der Waals surface area contributed by atoms with Crippen LogP contribution in [0.15, 0.2) is 118 Å². The fraction of sp³-hybridized carbons (Fsp3) is 0.212. The molecule has 2 atom stereocenters. The number of ether oxygens (including phenoxy) is 2. The number of nitrogens with zero attached hydrogens (tertiary/aromatic N) is 7. The summed E-state index contributed by atoms with van der Waals surface area (Å²) in [5.41, 5.74) is 26.0. The molecule has 0 unspecified atom stereocenters. The molecule has 0 bridgehead atoms. The molecule has 0 aliphatic carbocycles. The topological polar surface area (TPSA) is 190 Å². The highest BCUT2D eigenvalue weighted by atomic mass is 16.5. The molecule has 0 radical (unpaired) electrons. The highest BCUT2D eigenvalue weighted by Crippen LogP contribution is 2.45. The van der Waals surface area contributed by atoms with E-state index in [1.165, 1.54) is 0 Å². The molecular weight excluding hydrogens is 586 g/mol. The Balaban J connectivity index is 1.64. The second kappa shape index (κ2) is 15.1. The van der Waals surface area contributed by atoms with Crippen LogP contribution < -0.4 is 15.6 Å². The normalized spacial score (nSPS) is 16.6. The Bertz CT molecular complexity index is 1790. The fourth-order valence-electron chi connectivity index (χ4n) is 5.15. The van der Waals surface area contributed by atoms with Gasteiger partial charge in [-0.1, -0.05) is 77.0 Å². The number of aliphatic hydroxyl groups is 1. The van der Waals surface area contributed by atoms with Gasteiger partial charge < -0.3 is 14.6 Å². The lowest BCUT2D eigenvalue weighted by molar-refractivity contribution is -0.128. The van der Waals surface area contributed by atoms with Crippen molar-refractivity contribution in [3.8, 4) is 5.75 Å². The molecular formula is C33H31N9O4. The summed E-state index contributed by atoms with van der Waals surface area (Å²) in [7, 11) is 0. The second-order valence-electron chi connectivity index (χ2n) is 10.3. The number of carbonyl (C=O) groups excluding carboxylic acids is 1. The number of aliphatic imine (C=N–C) groups is 1. The maximum atomic E-state index is 14.5. The van der Waals surface area contributed by atoms with Crippen LogP contribution in [0, 0.1) is 0 Å². The average Bonchev–Trinajstić information content (AvgIpc) is 3.48. The van der Waals surface area contributed by atoms with Crippen molar-refractivity contribution in [2.75, 3.05) is 18.6 Å². The molecule has 232 valence electrons. The average molecular weight is 618 g/mol. The minimum atomic E-state index is -1.62. The van der Waals surface area contributed by atoms with E-state index in [1.54, 1.807) is 60.7 Å². The second-order valence-corrected chi connectivity index (χ2v) is 10.3. The van der Waals surface area contributed by atoms with Gasteiger partial charge in [0.25, 0.3) is 5.91 Å². The van der Waals surface area contributed by atoms with Crippen LogP contribution in [0.4, 0.5) is 11.4 Å². The molecule has 0 spiro atoms. The minimum absolute atomic E-state index is 0.0245. The third-order valence-electron chi connectivity index (χ3n) is 7.38. The smallest absolute Gasteiger partial charge is 0.270 e. The Morgan fingerprint density at radius 1 is 0.935 bits per heavy atom. The number of nitrogens with one attached hydrogen (secondary N) is 2. The summed E-state index contributed by atoms with van der Waals surface area (Å²) in [5, 5.41) is 16.7. The molecule has 1 heterocycles. The molecule has 1 aliphatic rings. The van der Waals surface area contributed by atoms with Gasteiger partial charge in [-0.2, -0.15) is 0 Å². The van der Waals surface area contributed by atoms with Crippen LogP contribution in [0.25, 0.3) is 20.9 Å². The summed E-state index contributed by atoms with van der Waals surface area (Å²) in [4.78, 5) is 25.4. The van der Waals surface area contributed by atoms with Crippen molar-refractivity contribution in [2.45, 2.75) is 31.0 Å². The Kier molecular flexibility index (Phi) is 10.3. The molecule has 4 aromatic carbocycles. The first-order valence-corrected chi connectivity index (χ1v) is 14.5. The van der Waals surface area contributed by atoms with Gasteiger partial charge in [-0.3, -0.25) is 15.6 Å². The van der Waals surface area contributed by atoms with Crippen LogP contribution in [0.1, 0.15) is 34.8 Å². The first-order valence-electron chi connectivity index (χ1n) is 14.5. The van der Waals surface area contributed by atoms with Crippen LogP contribution in [0.2, 0.25) is 0 Å². The van der Waals surface area contributed by atoms with Crippen molar-refractivity contribution in [1.82, 2.24) is 5.43 Å². The zero-order chi connectivity index (χ0) is 32.2. The number of amides is 1. The molecule has 3 N–H and O–H groups in total. The van der Waals surface area contributed by atoms with Gasteiger partial charge in [-0.05, 0) is 58.6 Å². The standard InChI is InChI=1S/C33H31N9O4/c34-41-36-22-25-10-5-4-9-24(25)21-33(32(44)40-38-26-11-2-1-3-12-26)30(28-13-6-7-14-29(28)39-42-35)46-31(37-33)23-15-17-27(18-16-23)45-20-8-19-43/h1-7,9-18,30,38,43H,8,19-22H2,(H,40,44)/t30-,33-/m0/s1. The van der Waals surface area contributed by atoms with Gasteiger partial charge in [0, 0.05) is 46.1 Å². The molecule has 46 heavy (non-hydrogen) atoms. The Morgan fingerprint density at radius 2 is 1.65 bits per heavy atom. The quantitative estimate of drug-likeness (QED) is 0.0458. The van der Waals surface area contributed by atoms with Crippen molar-refractivity contribution in [1.29, 1.82) is 0 Å². The maximum Gasteiger partial charge on any atom is 0.270 e. The summed E-state index contributed by atoms with van der Waals surface area (Å²) in [6.45, 7) is 0.455. The van der Waals surface area contributed by atoms with E-state index in [1.807, 2.05) is 42.5 Å². The molecule has 5 rings (SSSR count). The first kappa shape index (κ1) is 31.4. The Morgan fingerprint density at radius 3 is 2.39 bits per heavy atom. The number of rotatable bonds is 14. The number of azide groups is 2.